The maximum atomic E-state index is 8.99. The average molecular weight is 376 g/mol. The summed E-state index contributed by atoms with van der Waals surface area (Å²) in [5.41, 5.74) is 0. The number of hydrogen-bond donors (Lipinski definition) is 2. The van der Waals surface area contributed by atoms with Crippen LogP contribution in [0, 0.1) is 17.8 Å². The van der Waals surface area contributed by atoms with Gasteiger partial charge in [0, 0.05) is 19.4 Å². The zero-order valence-electron chi connectivity index (χ0n) is 16.7. The van der Waals surface area contributed by atoms with E-state index in [1.54, 1.807) is 0 Å². The molecule has 0 bridgehead atoms. The Balaban J connectivity index is 1.54. The van der Waals surface area contributed by atoms with E-state index in [-0.39, 0.29) is 6.61 Å². The quantitative estimate of drug-likeness (QED) is 0.441. The van der Waals surface area contributed by atoms with Crippen LogP contribution in [-0.4, -0.2) is 38.0 Å². The molecule has 0 aliphatic heterocycles. The Morgan fingerprint density at radius 1 is 0.852 bits per heavy atom. The maximum absolute atomic E-state index is 8.99. The van der Waals surface area contributed by atoms with Gasteiger partial charge in [-0.3, -0.25) is 0 Å². The predicted molar refractivity (Wildman–Crippen MR) is 109 cm³/mol. The van der Waals surface area contributed by atoms with Crippen molar-refractivity contribution in [1.29, 1.82) is 0 Å². The van der Waals surface area contributed by atoms with Gasteiger partial charge in [0.05, 0.1) is 19.8 Å². The first-order valence-corrected chi connectivity index (χ1v) is 10.9. The Hall–Kier alpha value is -1.26. The minimum absolute atomic E-state index is 0.200. The number of aliphatic hydroxyl groups is 1. The second-order valence-electron chi connectivity index (χ2n) is 8.31. The predicted octanol–water partition coefficient (Wildman–Crippen LogP) is 4.33. The molecular formula is C23H37NO3. The normalized spacial score (nSPS) is 28.4. The number of rotatable bonds is 10. The van der Waals surface area contributed by atoms with Crippen molar-refractivity contribution in [3.05, 3.63) is 35.8 Å². The van der Waals surface area contributed by atoms with E-state index in [0.717, 1.165) is 63.4 Å². The molecule has 0 fully saturated rings. The number of nitrogens with one attached hydrogen (secondary N) is 1. The largest absolute Gasteiger partial charge is 0.494 e. The van der Waals surface area contributed by atoms with E-state index in [1.807, 2.05) is 0 Å². The summed E-state index contributed by atoms with van der Waals surface area (Å²) in [5, 5.41) is 12.3. The van der Waals surface area contributed by atoms with Crippen molar-refractivity contribution in [2.75, 3.05) is 32.9 Å². The molecule has 0 amide bonds. The fourth-order valence-electron chi connectivity index (χ4n) is 4.26. The van der Waals surface area contributed by atoms with Crippen LogP contribution in [0.1, 0.15) is 57.8 Å². The summed E-state index contributed by atoms with van der Waals surface area (Å²) in [7, 11) is 0. The molecule has 0 heterocycles. The van der Waals surface area contributed by atoms with E-state index >= 15 is 0 Å². The van der Waals surface area contributed by atoms with Gasteiger partial charge >= 0.3 is 0 Å². The lowest BCUT2D eigenvalue weighted by atomic mass is 9.91. The molecule has 27 heavy (non-hydrogen) atoms. The molecule has 0 aromatic carbocycles. The third kappa shape index (κ3) is 7.00. The van der Waals surface area contributed by atoms with E-state index in [4.69, 9.17) is 14.6 Å². The molecule has 0 spiro atoms. The first kappa shape index (κ1) is 20.5. The van der Waals surface area contributed by atoms with Crippen molar-refractivity contribution in [2.45, 2.75) is 57.8 Å². The van der Waals surface area contributed by atoms with Gasteiger partial charge in [-0.25, -0.2) is 0 Å². The second-order valence-corrected chi connectivity index (χ2v) is 8.31. The summed E-state index contributed by atoms with van der Waals surface area (Å²) in [6, 6.07) is 0. The third-order valence-electron chi connectivity index (χ3n) is 6.03. The molecule has 3 unspecified atom stereocenters. The Morgan fingerprint density at radius 2 is 1.52 bits per heavy atom. The Bertz CT molecular complexity index is 526. The zero-order chi connectivity index (χ0) is 18.7. The molecule has 3 aliphatic carbocycles. The third-order valence-corrected chi connectivity index (χ3v) is 6.03. The Labute approximate surface area is 164 Å². The molecule has 3 atom stereocenters. The molecule has 2 N–H and O–H groups in total. The average Bonchev–Trinajstić information content (AvgIpc) is 2.73. The highest BCUT2D eigenvalue weighted by Gasteiger charge is 2.25. The van der Waals surface area contributed by atoms with Crippen molar-refractivity contribution < 1.29 is 14.6 Å². The monoisotopic (exact) mass is 375 g/mol. The van der Waals surface area contributed by atoms with E-state index in [2.05, 4.69) is 29.6 Å². The van der Waals surface area contributed by atoms with Crippen LogP contribution in [0.25, 0.3) is 0 Å². The van der Waals surface area contributed by atoms with E-state index < -0.39 is 0 Å². The van der Waals surface area contributed by atoms with Crippen LogP contribution >= 0.6 is 0 Å². The lowest BCUT2D eigenvalue weighted by molar-refractivity contribution is 0.0834. The van der Waals surface area contributed by atoms with Crippen LogP contribution in [0.5, 0.6) is 0 Å². The number of aliphatic hydroxyl groups excluding tert-OH is 1. The van der Waals surface area contributed by atoms with E-state index in [1.165, 1.54) is 25.7 Å². The summed E-state index contributed by atoms with van der Waals surface area (Å²) < 4.78 is 12.6. The van der Waals surface area contributed by atoms with Gasteiger partial charge in [0.25, 0.3) is 0 Å². The van der Waals surface area contributed by atoms with Gasteiger partial charge in [-0.2, -0.15) is 0 Å². The number of ether oxygens (including phenoxy) is 2. The van der Waals surface area contributed by atoms with Crippen LogP contribution in [-0.2, 0) is 9.47 Å². The molecule has 3 aliphatic rings. The SMILES string of the molecule is OCCNCC1CCC(OCC2CC=CCC2)=C(OCC2CC=CCC2)C1. The second kappa shape index (κ2) is 11.6. The summed E-state index contributed by atoms with van der Waals surface area (Å²) in [6.45, 7) is 3.45. The molecular weight excluding hydrogens is 338 g/mol. The molecule has 0 aromatic rings. The van der Waals surface area contributed by atoms with Gasteiger partial charge in [0.2, 0.25) is 0 Å². The van der Waals surface area contributed by atoms with Gasteiger partial charge in [-0.15, -0.1) is 0 Å². The Kier molecular flexibility index (Phi) is 8.76. The number of allylic oxidation sites excluding steroid dienone is 6. The minimum atomic E-state index is 0.200. The molecule has 0 saturated carbocycles. The number of hydrogen-bond acceptors (Lipinski definition) is 4. The summed E-state index contributed by atoms with van der Waals surface area (Å²) in [4.78, 5) is 0. The molecule has 4 nitrogen and oxygen atoms in total. The van der Waals surface area contributed by atoms with Crippen molar-refractivity contribution in [3.8, 4) is 0 Å². The topological polar surface area (TPSA) is 50.7 Å². The first-order valence-electron chi connectivity index (χ1n) is 10.9. The lowest BCUT2D eigenvalue weighted by Crippen LogP contribution is -2.29. The standard InChI is InChI=1S/C23H37NO3/c25-14-13-24-16-21-11-12-22(26-17-19-7-3-1-4-8-19)23(15-21)27-18-20-9-5-2-6-10-20/h1-3,5,19-21,24-25H,4,6-18H2. The smallest absolute Gasteiger partial charge is 0.134 e. The summed E-state index contributed by atoms with van der Waals surface area (Å²) in [5.74, 6) is 4.06. The minimum Gasteiger partial charge on any atom is -0.494 e. The Morgan fingerprint density at radius 3 is 2.11 bits per heavy atom. The van der Waals surface area contributed by atoms with Crippen LogP contribution in [0.15, 0.2) is 35.8 Å². The van der Waals surface area contributed by atoms with Gasteiger partial charge in [0.15, 0.2) is 0 Å². The summed E-state index contributed by atoms with van der Waals surface area (Å²) >= 11 is 0. The summed E-state index contributed by atoms with van der Waals surface area (Å²) in [6.07, 6.45) is 19.4. The first-order chi connectivity index (χ1) is 13.3. The van der Waals surface area contributed by atoms with Crippen LogP contribution < -0.4 is 5.32 Å². The molecule has 0 saturated heterocycles. The fraction of sp³-hybridized carbons (Fsp3) is 0.739. The van der Waals surface area contributed by atoms with Crippen molar-refractivity contribution >= 4 is 0 Å². The van der Waals surface area contributed by atoms with Gasteiger partial charge in [-0.1, -0.05) is 24.3 Å². The molecule has 0 radical (unpaired) electrons. The highest BCUT2D eigenvalue weighted by molar-refractivity contribution is 5.08. The maximum Gasteiger partial charge on any atom is 0.134 e. The van der Waals surface area contributed by atoms with Gasteiger partial charge < -0.3 is 19.9 Å². The highest BCUT2D eigenvalue weighted by atomic mass is 16.5. The van der Waals surface area contributed by atoms with E-state index in [0.29, 0.717) is 24.3 Å². The van der Waals surface area contributed by atoms with Crippen molar-refractivity contribution in [3.63, 3.8) is 0 Å². The zero-order valence-corrected chi connectivity index (χ0v) is 16.7. The van der Waals surface area contributed by atoms with Crippen molar-refractivity contribution in [1.82, 2.24) is 5.32 Å². The van der Waals surface area contributed by atoms with Gasteiger partial charge in [-0.05, 0) is 69.2 Å². The molecule has 152 valence electrons. The molecule has 4 heteroatoms. The molecule has 3 rings (SSSR count). The van der Waals surface area contributed by atoms with Crippen molar-refractivity contribution in [2.24, 2.45) is 17.8 Å². The van der Waals surface area contributed by atoms with Crippen LogP contribution in [0.4, 0.5) is 0 Å². The lowest BCUT2D eigenvalue weighted by Gasteiger charge is -2.30. The van der Waals surface area contributed by atoms with E-state index in [9.17, 15) is 0 Å². The fourth-order valence-corrected chi connectivity index (χ4v) is 4.26. The van der Waals surface area contributed by atoms with Crippen LogP contribution in [0.3, 0.4) is 0 Å². The van der Waals surface area contributed by atoms with Gasteiger partial charge in [0.1, 0.15) is 11.5 Å². The van der Waals surface area contributed by atoms with Crippen LogP contribution in [0.2, 0.25) is 0 Å². The molecule has 0 aromatic heterocycles. The highest BCUT2D eigenvalue weighted by Crippen LogP contribution is 2.33.